The van der Waals surface area contributed by atoms with Crippen molar-refractivity contribution >= 4 is 0 Å². The molecule has 0 bridgehead atoms. The van der Waals surface area contributed by atoms with Gasteiger partial charge in [-0.1, -0.05) is 6.07 Å². The van der Waals surface area contributed by atoms with Crippen LogP contribution in [0.3, 0.4) is 0 Å². The van der Waals surface area contributed by atoms with Gasteiger partial charge in [0.2, 0.25) is 0 Å². The molecule has 0 spiro atoms. The molecule has 1 aromatic carbocycles. The van der Waals surface area contributed by atoms with Crippen LogP contribution in [0, 0.1) is 0 Å². The molecule has 0 aliphatic carbocycles. The van der Waals surface area contributed by atoms with E-state index in [9.17, 15) is 0 Å². The van der Waals surface area contributed by atoms with Crippen molar-refractivity contribution < 1.29 is 4.74 Å². The third kappa shape index (κ3) is 2.45. The van der Waals surface area contributed by atoms with Crippen LogP contribution in [0.1, 0.15) is 24.0 Å². The zero-order chi connectivity index (χ0) is 11.7. The topological polar surface area (TPSA) is 24.5 Å². The number of nitrogens with one attached hydrogen (secondary N) is 1. The molecule has 1 fully saturated rings. The van der Waals surface area contributed by atoms with Crippen molar-refractivity contribution in [2.75, 3.05) is 20.1 Å². The third-order valence-corrected chi connectivity index (χ3v) is 3.78. The van der Waals surface area contributed by atoms with Crippen molar-refractivity contribution in [2.45, 2.75) is 32.0 Å². The summed E-state index contributed by atoms with van der Waals surface area (Å²) in [7, 11) is 2.18. The molecule has 3 heteroatoms. The summed E-state index contributed by atoms with van der Waals surface area (Å²) in [4.78, 5) is 2.37. The molecule has 92 valence electrons. The van der Waals surface area contributed by atoms with Crippen molar-refractivity contribution in [1.29, 1.82) is 0 Å². The molecule has 17 heavy (non-hydrogen) atoms. The number of hydrogen-bond donors (Lipinski definition) is 1. The standard InChI is InChI=1S/C14H20N2O/c1-16-6-4-13(5-7-16)17-14-3-2-11-9-15-10-12(11)8-14/h2-3,8,13,15H,4-7,9-10H2,1H3. The molecule has 2 aliphatic rings. The summed E-state index contributed by atoms with van der Waals surface area (Å²) >= 11 is 0. The quantitative estimate of drug-likeness (QED) is 0.841. The Kier molecular flexibility index (Phi) is 3.04. The van der Waals surface area contributed by atoms with E-state index in [2.05, 4.69) is 35.5 Å². The molecule has 1 N–H and O–H groups in total. The normalized spacial score (nSPS) is 21.5. The maximum absolute atomic E-state index is 6.07. The lowest BCUT2D eigenvalue weighted by molar-refractivity contribution is 0.114. The van der Waals surface area contributed by atoms with E-state index < -0.39 is 0 Å². The van der Waals surface area contributed by atoms with E-state index in [1.165, 1.54) is 11.1 Å². The van der Waals surface area contributed by atoms with Gasteiger partial charge < -0.3 is 15.0 Å². The number of likely N-dealkylation sites (tertiary alicyclic amines) is 1. The molecule has 0 unspecified atom stereocenters. The summed E-state index contributed by atoms with van der Waals surface area (Å²) in [5.74, 6) is 1.04. The summed E-state index contributed by atoms with van der Waals surface area (Å²) in [6.45, 7) is 4.29. The largest absolute Gasteiger partial charge is 0.490 e. The smallest absolute Gasteiger partial charge is 0.120 e. The molecule has 1 saturated heterocycles. The van der Waals surface area contributed by atoms with Gasteiger partial charge in [0.05, 0.1) is 0 Å². The molecule has 0 atom stereocenters. The van der Waals surface area contributed by atoms with Crippen LogP contribution in [0.2, 0.25) is 0 Å². The van der Waals surface area contributed by atoms with E-state index in [0.29, 0.717) is 6.10 Å². The lowest BCUT2D eigenvalue weighted by Crippen LogP contribution is -2.35. The second-order valence-corrected chi connectivity index (χ2v) is 5.15. The number of hydrogen-bond acceptors (Lipinski definition) is 3. The highest BCUT2D eigenvalue weighted by molar-refractivity contribution is 5.37. The van der Waals surface area contributed by atoms with E-state index in [4.69, 9.17) is 4.74 Å². The van der Waals surface area contributed by atoms with Crippen molar-refractivity contribution in [3.05, 3.63) is 29.3 Å². The second kappa shape index (κ2) is 4.67. The summed E-state index contributed by atoms with van der Waals surface area (Å²) in [6, 6.07) is 6.51. The van der Waals surface area contributed by atoms with Crippen LogP contribution in [-0.4, -0.2) is 31.1 Å². The first-order chi connectivity index (χ1) is 8.31. The molecule has 1 aromatic rings. The van der Waals surface area contributed by atoms with E-state index in [1.54, 1.807) is 0 Å². The van der Waals surface area contributed by atoms with Gasteiger partial charge in [-0.15, -0.1) is 0 Å². The first-order valence-corrected chi connectivity index (χ1v) is 6.49. The molecule has 3 nitrogen and oxygen atoms in total. The minimum Gasteiger partial charge on any atom is -0.490 e. The Morgan fingerprint density at radius 2 is 1.94 bits per heavy atom. The fraction of sp³-hybridized carbons (Fsp3) is 0.571. The zero-order valence-corrected chi connectivity index (χ0v) is 10.4. The Morgan fingerprint density at radius 1 is 1.18 bits per heavy atom. The Hall–Kier alpha value is -1.06. The maximum Gasteiger partial charge on any atom is 0.120 e. The van der Waals surface area contributed by atoms with Gasteiger partial charge in [0.1, 0.15) is 11.9 Å². The number of rotatable bonds is 2. The first kappa shape index (κ1) is 11.1. The Balaban J connectivity index is 1.65. The average molecular weight is 232 g/mol. The number of nitrogens with zero attached hydrogens (tertiary/aromatic N) is 1. The first-order valence-electron chi connectivity index (χ1n) is 6.49. The Labute approximate surface area is 103 Å². The monoisotopic (exact) mass is 232 g/mol. The fourth-order valence-corrected chi connectivity index (χ4v) is 2.64. The molecule has 0 saturated carbocycles. The molecular weight excluding hydrogens is 212 g/mol. The van der Waals surface area contributed by atoms with Gasteiger partial charge in [-0.25, -0.2) is 0 Å². The highest BCUT2D eigenvalue weighted by Crippen LogP contribution is 2.24. The predicted octanol–water partition coefficient (Wildman–Crippen LogP) is 1.76. The number of ether oxygens (including phenoxy) is 1. The van der Waals surface area contributed by atoms with Crippen molar-refractivity contribution in [3.63, 3.8) is 0 Å². The van der Waals surface area contributed by atoms with Crippen LogP contribution in [0.4, 0.5) is 0 Å². The molecule has 0 radical (unpaired) electrons. The SMILES string of the molecule is CN1CCC(Oc2ccc3c(c2)CNC3)CC1. The fourth-order valence-electron chi connectivity index (χ4n) is 2.64. The van der Waals surface area contributed by atoms with Crippen molar-refractivity contribution in [2.24, 2.45) is 0 Å². The van der Waals surface area contributed by atoms with Crippen LogP contribution in [0.15, 0.2) is 18.2 Å². The summed E-state index contributed by atoms with van der Waals surface area (Å²) in [5, 5.41) is 3.36. The summed E-state index contributed by atoms with van der Waals surface area (Å²) in [5.41, 5.74) is 2.82. The highest BCUT2D eigenvalue weighted by atomic mass is 16.5. The van der Waals surface area contributed by atoms with E-state index in [0.717, 1.165) is 44.8 Å². The van der Waals surface area contributed by atoms with Crippen molar-refractivity contribution in [1.82, 2.24) is 10.2 Å². The zero-order valence-electron chi connectivity index (χ0n) is 10.4. The summed E-state index contributed by atoms with van der Waals surface area (Å²) in [6.07, 6.45) is 2.69. The van der Waals surface area contributed by atoms with Crippen LogP contribution < -0.4 is 10.1 Å². The molecule has 2 heterocycles. The van der Waals surface area contributed by atoms with Gasteiger partial charge in [-0.2, -0.15) is 0 Å². The van der Waals surface area contributed by atoms with Crippen LogP contribution in [0.5, 0.6) is 5.75 Å². The maximum atomic E-state index is 6.07. The second-order valence-electron chi connectivity index (χ2n) is 5.15. The van der Waals surface area contributed by atoms with Gasteiger partial charge in [0.25, 0.3) is 0 Å². The Bertz CT molecular complexity index is 397. The van der Waals surface area contributed by atoms with Crippen molar-refractivity contribution in [3.8, 4) is 5.75 Å². The number of piperidine rings is 1. The Morgan fingerprint density at radius 3 is 2.76 bits per heavy atom. The summed E-state index contributed by atoms with van der Waals surface area (Å²) < 4.78 is 6.07. The van der Waals surface area contributed by atoms with Crippen LogP contribution in [-0.2, 0) is 13.1 Å². The average Bonchev–Trinajstić information content (AvgIpc) is 2.79. The van der Waals surface area contributed by atoms with Gasteiger partial charge in [0, 0.05) is 26.2 Å². The third-order valence-electron chi connectivity index (χ3n) is 3.78. The molecule has 2 aliphatic heterocycles. The van der Waals surface area contributed by atoms with E-state index in [1.807, 2.05) is 0 Å². The molecular formula is C14H20N2O. The number of fused-ring (bicyclic) bond motifs is 1. The predicted molar refractivity (Wildman–Crippen MR) is 68.1 cm³/mol. The van der Waals surface area contributed by atoms with Gasteiger partial charge >= 0.3 is 0 Å². The van der Waals surface area contributed by atoms with Gasteiger partial charge in [-0.3, -0.25) is 0 Å². The van der Waals surface area contributed by atoms with Crippen LogP contribution >= 0.6 is 0 Å². The van der Waals surface area contributed by atoms with Crippen LogP contribution in [0.25, 0.3) is 0 Å². The highest BCUT2D eigenvalue weighted by Gasteiger charge is 2.18. The van der Waals surface area contributed by atoms with Gasteiger partial charge in [-0.05, 0) is 43.1 Å². The van der Waals surface area contributed by atoms with E-state index in [-0.39, 0.29) is 0 Å². The minimum absolute atomic E-state index is 0.401. The molecule has 3 rings (SSSR count). The minimum atomic E-state index is 0.401. The lowest BCUT2D eigenvalue weighted by Gasteiger charge is -2.29. The van der Waals surface area contributed by atoms with E-state index >= 15 is 0 Å². The number of benzene rings is 1. The molecule has 0 aromatic heterocycles. The molecule has 0 amide bonds. The van der Waals surface area contributed by atoms with Gasteiger partial charge in [0.15, 0.2) is 0 Å². The lowest BCUT2D eigenvalue weighted by atomic mass is 10.1.